The van der Waals surface area contributed by atoms with Crippen LogP contribution in [0, 0.1) is 0 Å². The molecular weight excluding hydrogens is 427 g/mol. The van der Waals surface area contributed by atoms with Crippen molar-refractivity contribution in [1.29, 1.82) is 0 Å². The number of halogens is 2. The van der Waals surface area contributed by atoms with Crippen molar-refractivity contribution in [3.8, 4) is 0 Å². The lowest BCUT2D eigenvalue weighted by molar-refractivity contribution is 0.0967. The van der Waals surface area contributed by atoms with Crippen molar-refractivity contribution < 1.29 is 9.59 Å². The maximum Gasteiger partial charge on any atom is 0.326 e. The van der Waals surface area contributed by atoms with Gasteiger partial charge in [0.05, 0.1) is 10.6 Å². The lowest BCUT2D eigenvalue weighted by Crippen LogP contribution is -2.34. The van der Waals surface area contributed by atoms with Crippen LogP contribution in [0.1, 0.15) is 28.1 Å². The summed E-state index contributed by atoms with van der Waals surface area (Å²) in [5, 5.41) is 6.17. The van der Waals surface area contributed by atoms with E-state index < -0.39 is 11.9 Å². The number of anilines is 1. The van der Waals surface area contributed by atoms with Crippen LogP contribution in [0.2, 0.25) is 10.0 Å². The third kappa shape index (κ3) is 6.00. The number of carbonyl (C=O) groups is 2. The van der Waals surface area contributed by atoms with Crippen LogP contribution >= 0.6 is 35.0 Å². The van der Waals surface area contributed by atoms with Gasteiger partial charge in [-0.05, 0) is 61.0 Å². The highest BCUT2D eigenvalue weighted by atomic mass is 35.5. The van der Waals surface area contributed by atoms with E-state index >= 15 is 0 Å². The Morgan fingerprint density at radius 2 is 1.55 bits per heavy atom. The highest BCUT2D eigenvalue weighted by Crippen LogP contribution is 2.35. The van der Waals surface area contributed by atoms with E-state index in [-0.39, 0.29) is 15.8 Å². The number of carbonyl (C=O) groups excluding carboxylic acids is 2. The van der Waals surface area contributed by atoms with E-state index in [2.05, 4.69) is 17.6 Å². The molecule has 3 rings (SSSR count). The van der Waals surface area contributed by atoms with Gasteiger partial charge in [-0.2, -0.15) is 0 Å². The average molecular weight is 445 g/mol. The zero-order valence-electron chi connectivity index (χ0n) is 15.5. The minimum absolute atomic E-state index is 0.243. The summed E-state index contributed by atoms with van der Waals surface area (Å²) in [6.45, 7) is 2.12. The second kappa shape index (κ2) is 9.83. The highest BCUT2D eigenvalue weighted by molar-refractivity contribution is 7.99. The van der Waals surface area contributed by atoms with Gasteiger partial charge < -0.3 is 5.32 Å². The Kier molecular flexibility index (Phi) is 7.20. The first kappa shape index (κ1) is 21.2. The van der Waals surface area contributed by atoms with Crippen molar-refractivity contribution >= 4 is 52.6 Å². The molecule has 0 saturated carbocycles. The van der Waals surface area contributed by atoms with Gasteiger partial charge in [0.15, 0.2) is 0 Å². The van der Waals surface area contributed by atoms with Gasteiger partial charge >= 0.3 is 6.03 Å². The zero-order valence-corrected chi connectivity index (χ0v) is 17.8. The fourth-order valence-electron chi connectivity index (χ4n) is 2.60. The number of urea groups is 1. The van der Waals surface area contributed by atoms with Gasteiger partial charge in [0, 0.05) is 20.9 Å². The summed E-state index contributed by atoms with van der Waals surface area (Å²) in [7, 11) is 0. The van der Waals surface area contributed by atoms with Crippen LogP contribution < -0.4 is 10.6 Å². The molecule has 29 heavy (non-hydrogen) atoms. The normalized spacial score (nSPS) is 11.6. The van der Waals surface area contributed by atoms with Gasteiger partial charge in [-0.3, -0.25) is 10.1 Å². The summed E-state index contributed by atoms with van der Waals surface area (Å²) in [4.78, 5) is 25.3. The SMILES string of the molecule is CC(Sc1ccc(NC(=O)NC(=O)c2ccccc2Cl)cc1)c1ccc(Cl)cc1. The van der Waals surface area contributed by atoms with E-state index in [1.165, 1.54) is 5.56 Å². The van der Waals surface area contributed by atoms with E-state index in [1.54, 1.807) is 48.2 Å². The molecule has 2 N–H and O–H groups in total. The Balaban J connectivity index is 1.56. The number of benzene rings is 3. The molecule has 0 saturated heterocycles. The number of hydrogen-bond donors (Lipinski definition) is 2. The van der Waals surface area contributed by atoms with Gasteiger partial charge in [-0.1, -0.05) is 47.5 Å². The summed E-state index contributed by atoms with van der Waals surface area (Å²) in [6.07, 6.45) is 0. The molecule has 0 aromatic heterocycles. The van der Waals surface area contributed by atoms with E-state index in [9.17, 15) is 9.59 Å². The van der Waals surface area contributed by atoms with Crippen LogP contribution in [0.4, 0.5) is 10.5 Å². The first-order chi connectivity index (χ1) is 13.9. The molecule has 148 valence electrons. The van der Waals surface area contributed by atoms with Crippen LogP contribution in [0.15, 0.2) is 77.7 Å². The molecule has 3 aromatic carbocycles. The lowest BCUT2D eigenvalue weighted by atomic mass is 10.2. The van der Waals surface area contributed by atoms with Crippen molar-refractivity contribution in [2.75, 3.05) is 5.32 Å². The van der Waals surface area contributed by atoms with Crippen LogP contribution in [0.3, 0.4) is 0 Å². The molecule has 0 aliphatic rings. The Bertz CT molecular complexity index is 1010. The predicted octanol–water partition coefficient (Wildman–Crippen LogP) is 6.81. The number of rotatable bonds is 5. The van der Waals surface area contributed by atoms with Crippen molar-refractivity contribution in [3.63, 3.8) is 0 Å². The second-order valence-corrected chi connectivity index (χ2v) is 8.48. The maximum absolute atomic E-state index is 12.1. The van der Waals surface area contributed by atoms with Crippen LogP contribution in [-0.4, -0.2) is 11.9 Å². The minimum Gasteiger partial charge on any atom is -0.308 e. The van der Waals surface area contributed by atoms with Crippen molar-refractivity contribution in [2.45, 2.75) is 17.1 Å². The molecule has 0 heterocycles. The minimum atomic E-state index is -0.621. The molecule has 0 spiro atoms. The fourth-order valence-corrected chi connectivity index (χ4v) is 3.94. The highest BCUT2D eigenvalue weighted by Gasteiger charge is 2.13. The Morgan fingerprint density at radius 1 is 0.897 bits per heavy atom. The van der Waals surface area contributed by atoms with E-state index in [4.69, 9.17) is 23.2 Å². The third-order valence-corrected chi connectivity index (χ3v) is 5.86. The second-order valence-electron chi connectivity index (χ2n) is 6.22. The number of thioether (sulfide) groups is 1. The maximum atomic E-state index is 12.1. The van der Waals surface area contributed by atoms with Crippen molar-refractivity contribution in [3.05, 3.63) is 94.0 Å². The van der Waals surface area contributed by atoms with Crippen LogP contribution in [-0.2, 0) is 0 Å². The average Bonchev–Trinajstić information content (AvgIpc) is 2.70. The molecule has 0 aliphatic heterocycles. The third-order valence-electron chi connectivity index (χ3n) is 4.11. The van der Waals surface area contributed by atoms with E-state index in [0.717, 1.165) is 4.90 Å². The van der Waals surface area contributed by atoms with E-state index in [0.29, 0.717) is 10.7 Å². The standard InChI is InChI=1S/C22H18Cl2N2O2S/c1-14(15-6-8-16(23)9-7-15)29-18-12-10-17(11-13-18)25-22(28)26-21(27)19-4-2-3-5-20(19)24/h2-14H,1H3,(H2,25,26,27,28). The quantitative estimate of drug-likeness (QED) is 0.424. The molecule has 1 atom stereocenters. The number of hydrogen-bond acceptors (Lipinski definition) is 3. The Labute approximate surface area is 183 Å². The van der Waals surface area contributed by atoms with Gasteiger partial charge in [0.2, 0.25) is 0 Å². The molecular formula is C22H18Cl2N2O2S. The molecule has 3 amide bonds. The molecule has 7 heteroatoms. The summed E-state index contributed by atoms with van der Waals surface area (Å²) >= 11 is 13.6. The van der Waals surface area contributed by atoms with Crippen molar-refractivity contribution in [1.82, 2.24) is 5.32 Å². The van der Waals surface area contributed by atoms with Gasteiger partial charge in [-0.25, -0.2) is 4.79 Å². The summed E-state index contributed by atoms with van der Waals surface area (Å²) in [5.74, 6) is -0.558. The Hall–Kier alpha value is -2.47. The van der Waals surface area contributed by atoms with Gasteiger partial charge in [-0.15, -0.1) is 11.8 Å². The number of nitrogens with one attached hydrogen (secondary N) is 2. The Morgan fingerprint density at radius 3 is 2.21 bits per heavy atom. The summed E-state index contributed by atoms with van der Waals surface area (Å²) in [5.41, 5.74) is 2.00. The summed E-state index contributed by atoms with van der Waals surface area (Å²) < 4.78 is 0. The van der Waals surface area contributed by atoms with Gasteiger partial charge in [0.1, 0.15) is 0 Å². The van der Waals surface area contributed by atoms with Crippen molar-refractivity contribution in [2.24, 2.45) is 0 Å². The van der Waals surface area contributed by atoms with E-state index in [1.807, 2.05) is 36.4 Å². The first-order valence-corrected chi connectivity index (χ1v) is 10.4. The van der Waals surface area contributed by atoms with Crippen LogP contribution in [0.25, 0.3) is 0 Å². The summed E-state index contributed by atoms with van der Waals surface area (Å²) in [6, 6.07) is 21.1. The molecule has 0 fully saturated rings. The molecule has 3 aromatic rings. The fraction of sp³-hybridized carbons (Fsp3) is 0.0909. The zero-order chi connectivity index (χ0) is 20.8. The monoisotopic (exact) mass is 444 g/mol. The molecule has 0 bridgehead atoms. The largest absolute Gasteiger partial charge is 0.326 e. The number of amides is 3. The van der Waals surface area contributed by atoms with Crippen LogP contribution in [0.5, 0.6) is 0 Å². The molecule has 4 nitrogen and oxygen atoms in total. The molecule has 0 radical (unpaired) electrons. The molecule has 0 aliphatic carbocycles. The van der Waals surface area contributed by atoms with Gasteiger partial charge in [0.25, 0.3) is 5.91 Å². The predicted molar refractivity (Wildman–Crippen MR) is 120 cm³/mol. The number of imide groups is 1. The topological polar surface area (TPSA) is 58.2 Å². The first-order valence-electron chi connectivity index (χ1n) is 8.81. The smallest absolute Gasteiger partial charge is 0.308 e. The lowest BCUT2D eigenvalue weighted by Gasteiger charge is -2.12. The molecule has 1 unspecified atom stereocenters.